The van der Waals surface area contributed by atoms with Gasteiger partial charge in [0.2, 0.25) is 0 Å². The van der Waals surface area contributed by atoms with E-state index in [1.54, 1.807) is 12.1 Å². The van der Waals surface area contributed by atoms with Gasteiger partial charge in [-0.3, -0.25) is 4.79 Å². The standard InChI is InChI=1S/C23H18F2N4O2S/c24-17-7-5-15(6-8-17)11-12-27-23(31)29(32)18-9-10-21(16(13-18)14-26)28-22(30)19-3-1-2-4-20(19)25/h1-10,13,32H,11-12H2,(H,27,31)(H,28,30). The van der Waals surface area contributed by atoms with Crippen LogP contribution in [0, 0.1) is 23.0 Å². The van der Waals surface area contributed by atoms with Crippen molar-refractivity contribution in [1.29, 1.82) is 5.26 Å². The highest BCUT2D eigenvalue weighted by Crippen LogP contribution is 2.25. The van der Waals surface area contributed by atoms with Gasteiger partial charge in [0, 0.05) is 6.54 Å². The summed E-state index contributed by atoms with van der Waals surface area (Å²) in [5.41, 5.74) is 1.25. The van der Waals surface area contributed by atoms with Crippen LogP contribution in [-0.2, 0) is 6.42 Å². The molecule has 0 atom stereocenters. The summed E-state index contributed by atoms with van der Waals surface area (Å²) in [6, 6.07) is 17.2. The molecule has 3 amide bonds. The van der Waals surface area contributed by atoms with Crippen LogP contribution in [-0.4, -0.2) is 18.5 Å². The molecule has 0 bridgehead atoms. The van der Waals surface area contributed by atoms with Gasteiger partial charge in [-0.1, -0.05) is 37.1 Å². The third-order valence-electron chi connectivity index (χ3n) is 4.53. The van der Waals surface area contributed by atoms with Crippen LogP contribution in [0.1, 0.15) is 21.5 Å². The second kappa shape index (κ2) is 10.4. The molecule has 0 aromatic heterocycles. The molecule has 6 nitrogen and oxygen atoms in total. The van der Waals surface area contributed by atoms with Crippen LogP contribution >= 0.6 is 12.8 Å². The molecule has 32 heavy (non-hydrogen) atoms. The Balaban J connectivity index is 1.64. The molecule has 3 aromatic carbocycles. The van der Waals surface area contributed by atoms with Gasteiger partial charge in [0.1, 0.15) is 17.7 Å². The molecule has 2 N–H and O–H groups in total. The highest BCUT2D eigenvalue weighted by atomic mass is 32.1. The van der Waals surface area contributed by atoms with Gasteiger partial charge in [-0.15, -0.1) is 0 Å². The van der Waals surface area contributed by atoms with E-state index in [1.165, 1.54) is 48.5 Å². The van der Waals surface area contributed by atoms with Crippen molar-refractivity contribution in [3.05, 3.63) is 95.1 Å². The van der Waals surface area contributed by atoms with E-state index in [-0.39, 0.29) is 22.6 Å². The number of nitriles is 1. The van der Waals surface area contributed by atoms with E-state index in [0.29, 0.717) is 18.7 Å². The van der Waals surface area contributed by atoms with Gasteiger partial charge in [-0.25, -0.2) is 17.9 Å². The van der Waals surface area contributed by atoms with E-state index < -0.39 is 17.8 Å². The second-order valence-corrected chi connectivity index (χ2v) is 7.10. The zero-order chi connectivity index (χ0) is 23.1. The lowest BCUT2D eigenvalue weighted by molar-refractivity contribution is 0.102. The fourth-order valence-corrected chi connectivity index (χ4v) is 3.05. The van der Waals surface area contributed by atoms with E-state index in [4.69, 9.17) is 0 Å². The molecule has 3 rings (SSSR count). The number of halogens is 2. The van der Waals surface area contributed by atoms with Gasteiger partial charge in [-0.2, -0.15) is 5.26 Å². The van der Waals surface area contributed by atoms with Gasteiger partial charge in [0.05, 0.1) is 22.5 Å². The summed E-state index contributed by atoms with van der Waals surface area (Å²) in [5.74, 6) is -1.71. The zero-order valence-corrected chi connectivity index (χ0v) is 17.6. The maximum Gasteiger partial charge on any atom is 0.331 e. The number of rotatable bonds is 6. The monoisotopic (exact) mass is 452 g/mol. The Labute approximate surface area is 189 Å². The van der Waals surface area contributed by atoms with Crippen molar-refractivity contribution >= 4 is 36.1 Å². The average Bonchev–Trinajstić information content (AvgIpc) is 2.80. The SMILES string of the molecule is N#Cc1cc(N(S)C(=O)NCCc2ccc(F)cc2)ccc1NC(=O)c1ccccc1F. The predicted molar refractivity (Wildman–Crippen MR) is 120 cm³/mol. The molecule has 0 aliphatic rings. The van der Waals surface area contributed by atoms with Crippen molar-refractivity contribution in [3.63, 3.8) is 0 Å². The Kier molecular flexibility index (Phi) is 7.41. The fourth-order valence-electron chi connectivity index (χ4n) is 2.86. The van der Waals surface area contributed by atoms with Crippen LogP contribution < -0.4 is 14.9 Å². The first-order chi connectivity index (χ1) is 15.4. The molecular formula is C23H18F2N4O2S. The van der Waals surface area contributed by atoms with Crippen LogP contribution in [0.5, 0.6) is 0 Å². The minimum atomic E-state index is -0.700. The lowest BCUT2D eigenvalue weighted by Gasteiger charge is -2.18. The lowest BCUT2D eigenvalue weighted by atomic mass is 10.1. The molecule has 0 heterocycles. The van der Waals surface area contributed by atoms with Crippen molar-refractivity contribution in [2.45, 2.75) is 6.42 Å². The first kappa shape index (κ1) is 22.8. The number of thiol groups is 1. The Bertz CT molecular complexity index is 1180. The predicted octanol–water partition coefficient (Wildman–Crippen LogP) is 4.69. The quantitative estimate of drug-likeness (QED) is 0.474. The van der Waals surface area contributed by atoms with Crippen molar-refractivity contribution in [2.24, 2.45) is 0 Å². The maximum absolute atomic E-state index is 13.8. The number of nitrogens with one attached hydrogen (secondary N) is 2. The highest BCUT2D eigenvalue weighted by Gasteiger charge is 2.16. The van der Waals surface area contributed by atoms with Crippen LogP contribution in [0.4, 0.5) is 25.0 Å². The Hall–Kier alpha value is -3.90. The first-order valence-electron chi connectivity index (χ1n) is 9.50. The maximum atomic E-state index is 13.8. The molecule has 0 saturated carbocycles. The Morgan fingerprint density at radius 1 is 1.03 bits per heavy atom. The third kappa shape index (κ3) is 5.62. The highest BCUT2D eigenvalue weighted by molar-refractivity contribution is 7.82. The topological polar surface area (TPSA) is 85.2 Å². The van der Waals surface area contributed by atoms with Crippen molar-refractivity contribution in [3.8, 4) is 6.07 Å². The molecule has 9 heteroatoms. The van der Waals surface area contributed by atoms with Crippen molar-refractivity contribution < 1.29 is 18.4 Å². The molecular weight excluding hydrogens is 434 g/mol. The number of nitrogens with zero attached hydrogens (tertiary/aromatic N) is 2. The molecule has 0 spiro atoms. The van der Waals surface area contributed by atoms with E-state index in [2.05, 4.69) is 23.4 Å². The fraction of sp³-hybridized carbons (Fsp3) is 0.0870. The van der Waals surface area contributed by atoms with Gasteiger partial charge in [0.15, 0.2) is 0 Å². The summed E-state index contributed by atoms with van der Waals surface area (Å²) in [6.07, 6.45) is 0.498. The molecule has 3 aromatic rings. The van der Waals surface area contributed by atoms with Gasteiger partial charge >= 0.3 is 6.03 Å². The summed E-state index contributed by atoms with van der Waals surface area (Å²) in [4.78, 5) is 24.7. The molecule has 162 valence electrons. The first-order valence-corrected chi connectivity index (χ1v) is 9.90. The average molecular weight is 452 g/mol. The third-order valence-corrected chi connectivity index (χ3v) is 4.94. The van der Waals surface area contributed by atoms with Gasteiger partial charge < -0.3 is 10.6 Å². The summed E-state index contributed by atoms with van der Waals surface area (Å²) in [5, 5.41) is 14.6. The van der Waals surface area contributed by atoms with E-state index >= 15 is 0 Å². The number of carbonyl (C=O) groups excluding carboxylic acids is 2. The van der Waals surface area contributed by atoms with E-state index in [0.717, 1.165) is 15.9 Å². The number of hydrogen-bond acceptors (Lipinski definition) is 4. The lowest BCUT2D eigenvalue weighted by Crippen LogP contribution is -2.35. The summed E-state index contributed by atoms with van der Waals surface area (Å²) < 4.78 is 27.8. The molecule has 0 fully saturated rings. The normalized spacial score (nSPS) is 10.2. The van der Waals surface area contributed by atoms with E-state index in [1.807, 2.05) is 6.07 Å². The number of urea groups is 1. The molecule has 0 radical (unpaired) electrons. The second-order valence-electron chi connectivity index (χ2n) is 6.70. The minimum Gasteiger partial charge on any atom is -0.337 e. The van der Waals surface area contributed by atoms with Crippen molar-refractivity contribution in [1.82, 2.24) is 5.32 Å². The van der Waals surface area contributed by atoms with Gasteiger partial charge in [-0.05, 0) is 54.4 Å². The van der Waals surface area contributed by atoms with Crippen LogP contribution in [0.3, 0.4) is 0 Å². The smallest absolute Gasteiger partial charge is 0.331 e. The van der Waals surface area contributed by atoms with Crippen LogP contribution in [0.25, 0.3) is 0 Å². The van der Waals surface area contributed by atoms with Crippen molar-refractivity contribution in [2.75, 3.05) is 16.2 Å². The number of carbonyl (C=O) groups is 2. The largest absolute Gasteiger partial charge is 0.337 e. The van der Waals surface area contributed by atoms with E-state index in [9.17, 15) is 23.6 Å². The van der Waals surface area contributed by atoms with Crippen LogP contribution in [0.2, 0.25) is 0 Å². The molecule has 0 aliphatic carbocycles. The minimum absolute atomic E-state index is 0.0744. The number of hydrogen-bond donors (Lipinski definition) is 3. The molecule has 0 aliphatic heterocycles. The van der Waals surface area contributed by atoms with Gasteiger partial charge in [0.25, 0.3) is 5.91 Å². The number of amides is 3. The zero-order valence-electron chi connectivity index (χ0n) is 16.7. The van der Waals surface area contributed by atoms with Crippen LogP contribution in [0.15, 0.2) is 66.7 Å². The Morgan fingerprint density at radius 2 is 1.75 bits per heavy atom. The Morgan fingerprint density at radius 3 is 2.44 bits per heavy atom. The molecule has 0 unspecified atom stereocenters. The number of benzene rings is 3. The number of anilines is 2. The summed E-state index contributed by atoms with van der Waals surface area (Å²) >= 11 is 4.17. The summed E-state index contributed by atoms with van der Waals surface area (Å²) in [7, 11) is 0. The molecule has 0 saturated heterocycles. The summed E-state index contributed by atoms with van der Waals surface area (Å²) in [6.45, 7) is 0.295.